The maximum Gasteiger partial charge on any atom is 0.244 e. The third-order valence-corrected chi connectivity index (χ3v) is 3.05. The van der Waals surface area contributed by atoms with E-state index in [1.54, 1.807) is 6.92 Å². The van der Waals surface area contributed by atoms with Crippen LogP contribution < -0.4 is 10.6 Å². The molecule has 1 fully saturated rings. The normalized spacial score (nSPS) is 23.7. The number of nitrogens with one attached hydrogen (secondary N) is 2. The molecule has 2 N–H and O–H groups in total. The molecule has 0 bridgehead atoms. The van der Waals surface area contributed by atoms with Crippen molar-refractivity contribution in [3.8, 4) is 0 Å². The first-order chi connectivity index (χ1) is 8.01. The van der Waals surface area contributed by atoms with E-state index in [4.69, 9.17) is 0 Å². The molecule has 0 aliphatic carbocycles. The number of hydrogen-bond donors (Lipinski definition) is 2. The minimum absolute atomic E-state index is 0.00586. The Balaban J connectivity index is 2.13. The summed E-state index contributed by atoms with van der Waals surface area (Å²) in [5, 5.41) is 5.55. The van der Waals surface area contributed by atoms with Gasteiger partial charge in [0.15, 0.2) is 0 Å². The molecule has 1 heterocycles. The van der Waals surface area contributed by atoms with Gasteiger partial charge in [-0.2, -0.15) is 0 Å². The Morgan fingerprint density at radius 3 is 2.82 bits per heavy atom. The average molecular weight is 240 g/mol. The van der Waals surface area contributed by atoms with Gasteiger partial charge in [0.05, 0.1) is 11.2 Å². The molecular weight excluding hydrogens is 226 g/mol. The number of rotatable bonds is 2. The van der Waals surface area contributed by atoms with Gasteiger partial charge < -0.3 is 10.6 Å². The Morgan fingerprint density at radius 2 is 2.24 bits per heavy atom. The van der Waals surface area contributed by atoms with Crippen molar-refractivity contribution in [3.63, 3.8) is 0 Å². The molecule has 0 radical (unpaired) electrons. The van der Waals surface area contributed by atoms with E-state index in [2.05, 4.69) is 10.6 Å². The van der Waals surface area contributed by atoms with E-state index < -0.39 is 17.2 Å². The molecule has 3 nitrogen and oxygen atoms in total. The molecule has 1 amide bonds. The largest absolute Gasteiger partial charge is 0.322 e. The summed E-state index contributed by atoms with van der Waals surface area (Å²) in [5.74, 6) is -1.72. The third-order valence-electron chi connectivity index (χ3n) is 3.05. The lowest BCUT2D eigenvalue weighted by atomic mass is 9.99. The molecule has 1 aromatic rings. The molecule has 0 aromatic heterocycles. The highest BCUT2D eigenvalue weighted by molar-refractivity contribution is 5.98. The van der Waals surface area contributed by atoms with Gasteiger partial charge in [-0.15, -0.1) is 0 Å². The Kier molecular flexibility index (Phi) is 3.11. The van der Waals surface area contributed by atoms with Crippen LogP contribution in [-0.2, 0) is 4.79 Å². The Labute approximate surface area is 98.2 Å². The van der Waals surface area contributed by atoms with Crippen LogP contribution in [-0.4, -0.2) is 18.0 Å². The standard InChI is InChI=1S/C12H14F2N2O/c1-12(5-2-6-15-12)11(17)16-10-4-3-8(13)7-9(10)14/h3-4,7,15H,2,5-6H2,1H3,(H,16,17). The SMILES string of the molecule is CC1(C(=O)Nc2ccc(F)cc2F)CCCN1. The summed E-state index contributed by atoms with van der Waals surface area (Å²) in [7, 11) is 0. The molecule has 0 saturated carbocycles. The summed E-state index contributed by atoms with van der Waals surface area (Å²) in [6.07, 6.45) is 1.62. The van der Waals surface area contributed by atoms with Gasteiger partial charge in [0, 0.05) is 6.07 Å². The van der Waals surface area contributed by atoms with E-state index in [1.807, 2.05) is 0 Å². The quantitative estimate of drug-likeness (QED) is 0.830. The number of amides is 1. The fourth-order valence-electron chi connectivity index (χ4n) is 1.94. The maximum absolute atomic E-state index is 13.3. The van der Waals surface area contributed by atoms with Gasteiger partial charge in [0.25, 0.3) is 0 Å². The van der Waals surface area contributed by atoms with Crippen molar-refractivity contribution in [1.82, 2.24) is 5.32 Å². The maximum atomic E-state index is 13.3. The van der Waals surface area contributed by atoms with Crippen molar-refractivity contribution >= 4 is 11.6 Å². The van der Waals surface area contributed by atoms with Crippen LogP contribution in [0.15, 0.2) is 18.2 Å². The molecule has 5 heteroatoms. The summed E-state index contributed by atoms with van der Waals surface area (Å²) < 4.78 is 26.0. The molecular formula is C12H14F2N2O. The number of benzene rings is 1. The van der Waals surface area contributed by atoms with Crippen LogP contribution in [0.5, 0.6) is 0 Å². The Hall–Kier alpha value is -1.49. The van der Waals surface area contributed by atoms with Crippen LogP contribution in [0.3, 0.4) is 0 Å². The zero-order valence-corrected chi connectivity index (χ0v) is 9.52. The van der Waals surface area contributed by atoms with Crippen LogP contribution in [0, 0.1) is 11.6 Å². The van der Waals surface area contributed by atoms with Crippen LogP contribution in [0.25, 0.3) is 0 Å². The Bertz CT molecular complexity index is 442. The van der Waals surface area contributed by atoms with Gasteiger partial charge in [-0.25, -0.2) is 8.78 Å². The second-order valence-electron chi connectivity index (χ2n) is 4.44. The number of carbonyl (C=O) groups excluding carboxylic acids is 1. The van der Waals surface area contributed by atoms with Crippen molar-refractivity contribution in [2.24, 2.45) is 0 Å². The second-order valence-corrected chi connectivity index (χ2v) is 4.44. The number of hydrogen-bond acceptors (Lipinski definition) is 2. The summed E-state index contributed by atoms with van der Waals surface area (Å²) in [5.41, 5.74) is -0.660. The summed E-state index contributed by atoms with van der Waals surface area (Å²) >= 11 is 0. The van der Waals surface area contributed by atoms with Gasteiger partial charge in [-0.3, -0.25) is 4.79 Å². The number of halogens is 2. The van der Waals surface area contributed by atoms with E-state index in [0.717, 1.165) is 25.1 Å². The molecule has 1 aliphatic heterocycles. The molecule has 92 valence electrons. The van der Waals surface area contributed by atoms with Gasteiger partial charge >= 0.3 is 0 Å². The monoisotopic (exact) mass is 240 g/mol. The topological polar surface area (TPSA) is 41.1 Å². The summed E-state index contributed by atoms with van der Waals surface area (Å²) in [4.78, 5) is 11.9. The van der Waals surface area contributed by atoms with E-state index in [-0.39, 0.29) is 11.6 Å². The average Bonchev–Trinajstić information content (AvgIpc) is 2.71. The van der Waals surface area contributed by atoms with Gasteiger partial charge in [0.2, 0.25) is 5.91 Å². The molecule has 17 heavy (non-hydrogen) atoms. The lowest BCUT2D eigenvalue weighted by Gasteiger charge is -2.23. The van der Waals surface area contributed by atoms with Gasteiger partial charge in [0.1, 0.15) is 11.6 Å². The van der Waals surface area contributed by atoms with Crippen LogP contribution in [0.1, 0.15) is 19.8 Å². The van der Waals surface area contributed by atoms with Gasteiger partial charge in [-0.05, 0) is 38.4 Å². The summed E-state index contributed by atoms with van der Waals surface area (Å²) in [6.45, 7) is 2.55. The molecule has 1 saturated heterocycles. The zero-order valence-electron chi connectivity index (χ0n) is 9.52. The van der Waals surface area contributed by atoms with Crippen molar-refractivity contribution in [1.29, 1.82) is 0 Å². The van der Waals surface area contributed by atoms with E-state index >= 15 is 0 Å². The first-order valence-corrected chi connectivity index (χ1v) is 5.53. The molecule has 1 atom stereocenters. The molecule has 2 rings (SSSR count). The fourth-order valence-corrected chi connectivity index (χ4v) is 1.94. The summed E-state index contributed by atoms with van der Waals surface area (Å²) in [6, 6.07) is 3.09. The third kappa shape index (κ3) is 2.44. The van der Waals surface area contributed by atoms with Gasteiger partial charge in [-0.1, -0.05) is 0 Å². The van der Waals surface area contributed by atoms with Crippen molar-refractivity contribution in [2.75, 3.05) is 11.9 Å². The fraction of sp³-hybridized carbons (Fsp3) is 0.417. The molecule has 0 spiro atoms. The highest BCUT2D eigenvalue weighted by atomic mass is 19.1. The highest BCUT2D eigenvalue weighted by Crippen LogP contribution is 2.22. The molecule has 1 aromatic carbocycles. The van der Waals surface area contributed by atoms with Crippen molar-refractivity contribution in [2.45, 2.75) is 25.3 Å². The minimum Gasteiger partial charge on any atom is -0.322 e. The van der Waals surface area contributed by atoms with E-state index in [0.29, 0.717) is 6.42 Å². The van der Waals surface area contributed by atoms with Crippen LogP contribution in [0.2, 0.25) is 0 Å². The second kappa shape index (κ2) is 4.41. The van der Waals surface area contributed by atoms with Crippen molar-refractivity contribution in [3.05, 3.63) is 29.8 Å². The predicted octanol–water partition coefficient (Wildman–Crippen LogP) is 2.05. The number of carbonyl (C=O) groups is 1. The van der Waals surface area contributed by atoms with Crippen LogP contribution in [0.4, 0.5) is 14.5 Å². The zero-order chi connectivity index (χ0) is 12.5. The number of anilines is 1. The smallest absolute Gasteiger partial charge is 0.244 e. The minimum atomic E-state index is -0.764. The van der Waals surface area contributed by atoms with Crippen molar-refractivity contribution < 1.29 is 13.6 Å². The lowest BCUT2D eigenvalue weighted by Crippen LogP contribution is -2.48. The molecule has 1 aliphatic rings. The Morgan fingerprint density at radius 1 is 1.47 bits per heavy atom. The molecule has 1 unspecified atom stereocenters. The lowest BCUT2D eigenvalue weighted by molar-refractivity contribution is -0.121. The highest BCUT2D eigenvalue weighted by Gasteiger charge is 2.36. The first-order valence-electron chi connectivity index (χ1n) is 5.53. The van der Waals surface area contributed by atoms with Crippen LogP contribution >= 0.6 is 0 Å². The van der Waals surface area contributed by atoms with E-state index in [9.17, 15) is 13.6 Å². The van der Waals surface area contributed by atoms with E-state index in [1.165, 1.54) is 6.07 Å². The first kappa shape index (κ1) is 12.0. The predicted molar refractivity (Wildman–Crippen MR) is 60.6 cm³/mol.